The van der Waals surface area contributed by atoms with E-state index < -0.39 is 20.2 Å². The number of hydrogen-bond acceptors (Lipinski definition) is 5. The van der Waals surface area contributed by atoms with Gasteiger partial charge >= 0.3 is 11.9 Å². The Balaban J connectivity index is 3.57. The second kappa shape index (κ2) is 4.93. The molecule has 1 aromatic rings. The molecule has 0 spiro atoms. The molecule has 1 heterocycles. The molecule has 0 saturated carbocycles. The summed E-state index contributed by atoms with van der Waals surface area (Å²) in [5, 5.41) is 0. The predicted octanol–water partition coefficient (Wildman–Crippen LogP) is 1.45. The predicted molar refractivity (Wildman–Crippen MR) is 68.4 cm³/mol. The van der Waals surface area contributed by atoms with Crippen LogP contribution in [-0.4, -0.2) is 43.6 Å². The maximum atomic E-state index is 11.9. The van der Waals surface area contributed by atoms with Crippen molar-refractivity contribution in [1.82, 2.24) is 9.22 Å². The van der Waals surface area contributed by atoms with Crippen molar-refractivity contribution >= 4 is 20.2 Å². The van der Waals surface area contributed by atoms with E-state index in [1.54, 1.807) is 6.92 Å². The van der Waals surface area contributed by atoms with Gasteiger partial charge in [0.15, 0.2) is 19.6 Å². The maximum Gasteiger partial charge on any atom is 0.359 e. The lowest BCUT2D eigenvalue weighted by Gasteiger charge is -2.22. The van der Waals surface area contributed by atoms with E-state index in [4.69, 9.17) is 4.74 Å². The summed E-state index contributed by atoms with van der Waals surface area (Å²) >= 11 is 0. The van der Waals surface area contributed by atoms with Crippen LogP contribution in [0.4, 0.5) is 0 Å². The highest BCUT2D eigenvalue weighted by Crippen LogP contribution is 2.20. The lowest BCUT2D eigenvalue weighted by atomic mass is 10.3. The number of aromatic nitrogens is 2. The molecule has 18 heavy (non-hydrogen) atoms. The molecule has 0 radical (unpaired) electrons. The first-order valence-electron chi connectivity index (χ1n) is 5.50. The van der Waals surface area contributed by atoms with Crippen molar-refractivity contribution in [2.24, 2.45) is 0 Å². The van der Waals surface area contributed by atoms with Crippen LogP contribution in [0.2, 0.25) is 19.6 Å². The standard InChI is InChI=1S/C11H18N2O4Si/c1-7-12-8(10(14)16-2)9(11(15)17-3)13(7)18(4,5)6/h1-6H3. The smallest absolute Gasteiger partial charge is 0.359 e. The number of carbonyl (C=O) groups excluding carboxylic acids is 2. The Morgan fingerprint density at radius 2 is 1.61 bits per heavy atom. The second-order valence-corrected chi connectivity index (χ2v) is 9.63. The molecule has 0 aromatic carbocycles. The van der Waals surface area contributed by atoms with E-state index >= 15 is 0 Å². The number of esters is 2. The van der Waals surface area contributed by atoms with Gasteiger partial charge in [0.1, 0.15) is 0 Å². The fourth-order valence-electron chi connectivity index (χ4n) is 1.88. The lowest BCUT2D eigenvalue weighted by molar-refractivity contribution is 0.0546. The molecule has 1 aromatic heterocycles. The van der Waals surface area contributed by atoms with E-state index in [0.717, 1.165) is 0 Å². The van der Waals surface area contributed by atoms with Crippen LogP contribution in [-0.2, 0) is 9.47 Å². The Labute approximate surface area is 107 Å². The minimum atomic E-state index is -1.89. The van der Waals surface area contributed by atoms with E-state index in [9.17, 15) is 9.59 Å². The summed E-state index contributed by atoms with van der Waals surface area (Å²) in [5.41, 5.74) is 0.199. The van der Waals surface area contributed by atoms with Gasteiger partial charge in [0.05, 0.1) is 20.0 Å². The molecule has 0 fully saturated rings. The van der Waals surface area contributed by atoms with Crippen LogP contribution in [0.15, 0.2) is 0 Å². The number of nitrogens with zero attached hydrogens (tertiary/aromatic N) is 2. The normalized spacial score (nSPS) is 11.2. The largest absolute Gasteiger partial charge is 0.464 e. The van der Waals surface area contributed by atoms with Crippen molar-refractivity contribution in [3.63, 3.8) is 0 Å². The Kier molecular flexibility index (Phi) is 3.95. The van der Waals surface area contributed by atoms with Crippen LogP contribution in [0.1, 0.15) is 26.8 Å². The average molecular weight is 270 g/mol. The molecule has 100 valence electrons. The van der Waals surface area contributed by atoms with Crippen molar-refractivity contribution in [3.05, 3.63) is 17.2 Å². The highest BCUT2D eigenvalue weighted by molar-refractivity contribution is 6.75. The van der Waals surface area contributed by atoms with Gasteiger partial charge in [0, 0.05) is 0 Å². The molecule has 0 bridgehead atoms. The Bertz CT molecular complexity index is 488. The third kappa shape index (κ3) is 2.45. The van der Waals surface area contributed by atoms with E-state index in [1.165, 1.54) is 14.2 Å². The first-order valence-corrected chi connectivity index (χ1v) is 8.95. The molecule has 0 saturated heterocycles. The maximum absolute atomic E-state index is 11.9. The second-order valence-electron chi connectivity index (χ2n) is 4.85. The highest BCUT2D eigenvalue weighted by atomic mass is 28.3. The minimum Gasteiger partial charge on any atom is -0.464 e. The zero-order valence-corrected chi connectivity index (χ0v) is 12.5. The Hall–Kier alpha value is -1.63. The number of ether oxygens (including phenoxy) is 2. The average Bonchev–Trinajstić information content (AvgIpc) is 2.64. The number of imidazole rings is 1. The van der Waals surface area contributed by atoms with Crippen LogP contribution in [0.5, 0.6) is 0 Å². The van der Waals surface area contributed by atoms with Crippen LogP contribution < -0.4 is 0 Å². The van der Waals surface area contributed by atoms with Crippen LogP contribution in [0.25, 0.3) is 0 Å². The number of rotatable bonds is 3. The van der Waals surface area contributed by atoms with Gasteiger partial charge in [-0.3, -0.25) is 0 Å². The van der Waals surface area contributed by atoms with E-state index in [2.05, 4.69) is 29.4 Å². The van der Waals surface area contributed by atoms with Gasteiger partial charge in [-0.1, -0.05) is 19.6 Å². The third-order valence-corrected chi connectivity index (χ3v) is 4.36. The third-order valence-electron chi connectivity index (χ3n) is 2.47. The first kappa shape index (κ1) is 14.4. The molecule has 7 heteroatoms. The highest BCUT2D eigenvalue weighted by Gasteiger charge is 2.32. The zero-order valence-electron chi connectivity index (χ0n) is 11.5. The monoisotopic (exact) mass is 270 g/mol. The molecule has 0 N–H and O–H groups in total. The van der Waals surface area contributed by atoms with Crippen LogP contribution in [0, 0.1) is 6.92 Å². The number of aryl methyl sites for hydroxylation is 1. The molecule has 0 atom stereocenters. The van der Waals surface area contributed by atoms with E-state index in [1.807, 2.05) is 4.23 Å². The molecular weight excluding hydrogens is 252 g/mol. The van der Waals surface area contributed by atoms with Crippen LogP contribution >= 0.6 is 0 Å². The summed E-state index contributed by atoms with van der Waals surface area (Å²) in [6.45, 7) is 7.91. The van der Waals surface area contributed by atoms with Crippen LogP contribution in [0.3, 0.4) is 0 Å². The Morgan fingerprint density at radius 1 is 1.11 bits per heavy atom. The van der Waals surface area contributed by atoms with Crippen molar-refractivity contribution in [1.29, 1.82) is 0 Å². The fraction of sp³-hybridized carbons (Fsp3) is 0.545. The summed E-state index contributed by atoms with van der Waals surface area (Å²) in [7, 11) is 0.641. The molecule has 0 unspecified atom stereocenters. The van der Waals surface area contributed by atoms with Crippen molar-refractivity contribution in [3.8, 4) is 0 Å². The molecule has 1 rings (SSSR count). The lowest BCUT2D eigenvalue weighted by Crippen LogP contribution is -2.36. The van der Waals surface area contributed by atoms with Crippen molar-refractivity contribution in [2.45, 2.75) is 26.6 Å². The number of hydrogen-bond donors (Lipinski definition) is 0. The summed E-state index contributed by atoms with van der Waals surface area (Å²) in [6.07, 6.45) is 0. The molecule has 0 aliphatic rings. The minimum absolute atomic E-state index is 0.0178. The quantitative estimate of drug-likeness (QED) is 0.614. The van der Waals surface area contributed by atoms with Gasteiger partial charge in [0.25, 0.3) is 0 Å². The van der Waals surface area contributed by atoms with Gasteiger partial charge in [-0.2, -0.15) is 0 Å². The van der Waals surface area contributed by atoms with Gasteiger partial charge in [0.2, 0.25) is 0 Å². The summed E-state index contributed by atoms with van der Waals surface area (Å²) in [4.78, 5) is 27.7. The molecule has 6 nitrogen and oxygen atoms in total. The fourth-order valence-corrected chi connectivity index (χ4v) is 3.77. The van der Waals surface area contributed by atoms with Crippen molar-refractivity contribution < 1.29 is 19.1 Å². The Morgan fingerprint density at radius 3 is 2.00 bits per heavy atom. The number of methoxy groups -OCH3 is 2. The van der Waals surface area contributed by atoms with Gasteiger partial charge in [-0.15, -0.1) is 0 Å². The summed E-state index contributed by atoms with van der Waals surface area (Å²) in [6, 6.07) is 0. The molecular formula is C11H18N2O4Si. The first-order chi connectivity index (χ1) is 8.23. The topological polar surface area (TPSA) is 70.4 Å². The summed E-state index contributed by atoms with van der Waals surface area (Å²) < 4.78 is 11.2. The van der Waals surface area contributed by atoms with Gasteiger partial charge in [-0.25, -0.2) is 14.6 Å². The number of carbonyl (C=O) groups is 2. The molecule has 0 amide bonds. The SMILES string of the molecule is COC(=O)c1nc(C)n([Si](C)(C)C)c1C(=O)OC. The molecule has 0 aliphatic carbocycles. The summed E-state index contributed by atoms with van der Waals surface area (Å²) in [5.74, 6) is -0.580. The molecule has 0 aliphatic heterocycles. The van der Waals surface area contributed by atoms with Gasteiger partial charge in [-0.05, 0) is 6.92 Å². The van der Waals surface area contributed by atoms with E-state index in [0.29, 0.717) is 5.82 Å². The van der Waals surface area contributed by atoms with E-state index in [-0.39, 0.29) is 11.4 Å². The van der Waals surface area contributed by atoms with Gasteiger partial charge < -0.3 is 13.7 Å². The zero-order chi connectivity index (χ0) is 14.1. The van der Waals surface area contributed by atoms with Crippen molar-refractivity contribution in [2.75, 3.05) is 14.2 Å².